The van der Waals surface area contributed by atoms with Gasteiger partial charge in [0.25, 0.3) is 0 Å². The Bertz CT molecular complexity index is 42.1. The van der Waals surface area contributed by atoms with Gasteiger partial charge in [0.15, 0.2) is 0 Å². The van der Waals surface area contributed by atoms with Crippen LogP contribution in [0.1, 0.15) is 6.92 Å². The highest BCUT2D eigenvalue weighted by Gasteiger charge is 1.57. The van der Waals surface area contributed by atoms with Crippen LogP contribution in [-0.2, 0) is 4.74 Å². The minimum absolute atomic E-state index is 0.545. The van der Waals surface area contributed by atoms with E-state index in [9.17, 15) is 0 Å². The Kier molecular flexibility index (Phi) is 2.93. The van der Waals surface area contributed by atoms with Crippen molar-refractivity contribution in [2.24, 2.45) is 0 Å². The summed E-state index contributed by atoms with van der Waals surface area (Å²) in [4.78, 5) is 0. The Labute approximate surface area is 31.9 Å². The lowest BCUT2D eigenvalue weighted by Crippen LogP contribution is -1.73. The molecular formula is C4H5O. The smallest absolute Gasteiger partial charge is 0.124 e. The molecule has 0 aliphatic carbocycles. The second-order valence-corrected chi connectivity index (χ2v) is 0.535. The molecule has 0 aliphatic heterocycles. The van der Waals surface area contributed by atoms with E-state index in [1.54, 1.807) is 6.11 Å². The average Bonchev–Trinajstić information content (AvgIpc) is 1.41. The molecule has 0 amide bonds. The molecule has 0 aromatic carbocycles. The molecule has 5 heavy (non-hydrogen) atoms. The van der Waals surface area contributed by atoms with Crippen molar-refractivity contribution in [3.8, 4) is 6.11 Å². The minimum atomic E-state index is 0.545. The van der Waals surface area contributed by atoms with Crippen molar-refractivity contribution in [2.75, 3.05) is 6.61 Å². The highest BCUT2D eigenvalue weighted by Crippen LogP contribution is 1.58. The van der Waals surface area contributed by atoms with Gasteiger partial charge in [0, 0.05) is 6.42 Å². The summed E-state index contributed by atoms with van der Waals surface area (Å²) in [5.41, 5.74) is 0. The van der Waals surface area contributed by atoms with Crippen LogP contribution in [0.5, 0.6) is 0 Å². The van der Waals surface area contributed by atoms with Crippen molar-refractivity contribution in [3.05, 3.63) is 6.42 Å². The van der Waals surface area contributed by atoms with Crippen LogP contribution in [0, 0.1) is 12.5 Å². The summed E-state index contributed by atoms with van der Waals surface area (Å²) in [5, 5.41) is 0. The first-order valence-electron chi connectivity index (χ1n) is 1.45. The van der Waals surface area contributed by atoms with Gasteiger partial charge in [-0.15, -0.1) is 0 Å². The number of hydrogen-bond acceptors (Lipinski definition) is 1. The van der Waals surface area contributed by atoms with E-state index in [4.69, 9.17) is 6.42 Å². The molecule has 0 saturated carbocycles. The van der Waals surface area contributed by atoms with Crippen LogP contribution in [0.15, 0.2) is 0 Å². The van der Waals surface area contributed by atoms with Crippen LogP contribution in [-0.4, -0.2) is 6.61 Å². The quantitative estimate of drug-likeness (QED) is 0.409. The monoisotopic (exact) mass is 69.0 g/mol. The van der Waals surface area contributed by atoms with Gasteiger partial charge < -0.3 is 4.74 Å². The molecule has 0 N–H and O–H groups in total. The van der Waals surface area contributed by atoms with Gasteiger partial charge in [0.05, 0.1) is 6.61 Å². The van der Waals surface area contributed by atoms with E-state index in [0.29, 0.717) is 6.61 Å². The molecule has 0 atom stereocenters. The molecule has 0 spiro atoms. The standard InChI is InChI=1S/C4H5O/c1-3-5-4-2/h3H2,1H3. The Balaban J connectivity index is 2.48. The van der Waals surface area contributed by atoms with Gasteiger partial charge in [-0.1, -0.05) is 0 Å². The van der Waals surface area contributed by atoms with E-state index in [-0.39, 0.29) is 0 Å². The summed E-state index contributed by atoms with van der Waals surface area (Å²) in [6, 6.07) is 0. The number of rotatable bonds is 1. The SMILES string of the molecule is [C]#COCC. The predicted octanol–water partition coefficient (Wildman–Crippen LogP) is 0.570. The van der Waals surface area contributed by atoms with Crippen molar-refractivity contribution in [2.45, 2.75) is 6.92 Å². The van der Waals surface area contributed by atoms with Crippen LogP contribution in [0.3, 0.4) is 0 Å². The molecule has 0 bridgehead atoms. The molecule has 0 rings (SSSR count). The van der Waals surface area contributed by atoms with E-state index in [1.165, 1.54) is 0 Å². The van der Waals surface area contributed by atoms with Crippen molar-refractivity contribution in [3.63, 3.8) is 0 Å². The van der Waals surface area contributed by atoms with E-state index >= 15 is 0 Å². The minimum Gasteiger partial charge on any atom is -0.446 e. The molecule has 0 aliphatic rings. The molecule has 0 aromatic rings. The summed E-state index contributed by atoms with van der Waals surface area (Å²) in [7, 11) is 0. The fourth-order valence-electron chi connectivity index (χ4n) is 0.0722. The summed E-state index contributed by atoms with van der Waals surface area (Å²) >= 11 is 0. The molecule has 0 fully saturated rings. The summed E-state index contributed by atoms with van der Waals surface area (Å²) < 4.78 is 4.25. The maximum Gasteiger partial charge on any atom is 0.124 e. The molecule has 0 unspecified atom stereocenters. The van der Waals surface area contributed by atoms with Crippen molar-refractivity contribution < 1.29 is 4.74 Å². The van der Waals surface area contributed by atoms with Crippen LogP contribution >= 0.6 is 0 Å². The fraction of sp³-hybridized carbons (Fsp3) is 0.500. The van der Waals surface area contributed by atoms with Crippen LogP contribution in [0.4, 0.5) is 0 Å². The first kappa shape index (κ1) is 4.36. The Morgan fingerprint density at radius 2 is 2.60 bits per heavy atom. The van der Waals surface area contributed by atoms with Crippen molar-refractivity contribution in [1.82, 2.24) is 0 Å². The van der Waals surface area contributed by atoms with Gasteiger partial charge in [-0.05, 0) is 6.92 Å². The van der Waals surface area contributed by atoms with Gasteiger partial charge in [-0.3, -0.25) is 0 Å². The van der Waals surface area contributed by atoms with E-state index in [0.717, 1.165) is 0 Å². The van der Waals surface area contributed by atoms with Crippen LogP contribution in [0.2, 0.25) is 0 Å². The average molecular weight is 69.1 g/mol. The zero-order valence-corrected chi connectivity index (χ0v) is 3.12. The molecule has 0 aromatic heterocycles. The van der Waals surface area contributed by atoms with Gasteiger partial charge in [0.2, 0.25) is 0 Å². The normalized spacial score (nSPS) is 5.60. The first-order valence-corrected chi connectivity index (χ1v) is 1.45. The zero-order valence-electron chi connectivity index (χ0n) is 3.12. The Morgan fingerprint density at radius 3 is 2.60 bits per heavy atom. The highest BCUT2D eigenvalue weighted by atomic mass is 16.5. The number of ether oxygens (including phenoxy) is 1. The second kappa shape index (κ2) is 3.36. The third-order valence-electron chi connectivity index (χ3n) is 0.217. The van der Waals surface area contributed by atoms with E-state index in [1.807, 2.05) is 6.92 Å². The first-order chi connectivity index (χ1) is 2.41. The lowest BCUT2D eigenvalue weighted by atomic mass is 10.9. The van der Waals surface area contributed by atoms with Gasteiger partial charge >= 0.3 is 0 Å². The van der Waals surface area contributed by atoms with Crippen molar-refractivity contribution >= 4 is 0 Å². The third kappa shape index (κ3) is 3.36. The summed E-state index contributed by atoms with van der Waals surface area (Å²) in [6.45, 7) is 2.35. The zero-order chi connectivity index (χ0) is 4.12. The Hall–Kier alpha value is -0.640. The topological polar surface area (TPSA) is 9.23 Å². The van der Waals surface area contributed by atoms with Crippen LogP contribution in [0.25, 0.3) is 0 Å². The van der Waals surface area contributed by atoms with E-state index in [2.05, 4.69) is 4.74 Å². The molecule has 1 radical (unpaired) electrons. The number of hydrogen-bond donors (Lipinski definition) is 0. The van der Waals surface area contributed by atoms with Gasteiger partial charge in [0.1, 0.15) is 6.11 Å². The van der Waals surface area contributed by atoms with Gasteiger partial charge in [-0.2, -0.15) is 0 Å². The Morgan fingerprint density at radius 1 is 2.00 bits per heavy atom. The molecular weight excluding hydrogens is 64.0 g/mol. The fourth-order valence-corrected chi connectivity index (χ4v) is 0.0722. The van der Waals surface area contributed by atoms with Crippen LogP contribution < -0.4 is 0 Å². The molecule has 0 saturated heterocycles. The van der Waals surface area contributed by atoms with E-state index < -0.39 is 0 Å². The summed E-state index contributed by atoms with van der Waals surface area (Å²) in [6.07, 6.45) is 7.90. The maximum absolute atomic E-state index is 6.13. The molecule has 27 valence electrons. The highest BCUT2D eigenvalue weighted by molar-refractivity contribution is 4.53. The largest absolute Gasteiger partial charge is 0.446 e. The second-order valence-electron chi connectivity index (χ2n) is 0.535. The van der Waals surface area contributed by atoms with Gasteiger partial charge in [-0.25, -0.2) is 0 Å². The molecule has 1 heteroatoms. The molecule has 1 nitrogen and oxygen atoms in total. The maximum atomic E-state index is 6.13. The molecule has 0 heterocycles. The van der Waals surface area contributed by atoms with Crippen molar-refractivity contribution in [1.29, 1.82) is 0 Å². The lowest BCUT2D eigenvalue weighted by molar-refractivity contribution is 0.298. The predicted molar refractivity (Wildman–Crippen MR) is 18.8 cm³/mol. The third-order valence-corrected chi connectivity index (χ3v) is 0.217. The summed E-state index contributed by atoms with van der Waals surface area (Å²) in [5.74, 6) is 0. The lowest BCUT2D eigenvalue weighted by Gasteiger charge is -1.79.